The molecule has 0 N–H and O–H groups in total. The summed E-state index contributed by atoms with van der Waals surface area (Å²) < 4.78 is 31.6. The van der Waals surface area contributed by atoms with Crippen LogP contribution in [0.3, 0.4) is 0 Å². The number of ether oxygens (including phenoxy) is 1. The zero-order valence-electron chi connectivity index (χ0n) is 13.7. The van der Waals surface area contributed by atoms with Crippen molar-refractivity contribution >= 4 is 38.5 Å². The van der Waals surface area contributed by atoms with Gasteiger partial charge < -0.3 is 13.6 Å². The third-order valence-corrected chi connectivity index (χ3v) is 4.76. The van der Waals surface area contributed by atoms with Crippen LogP contribution in [-0.2, 0) is 6.61 Å². The number of benzene rings is 2. The van der Waals surface area contributed by atoms with E-state index in [1.807, 2.05) is 0 Å². The largest absolute Gasteiger partial charge is 0.481 e. The fourth-order valence-corrected chi connectivity index (χ4v) is 3.19. The van der Waals surface area contributed by atoms with Crippen molar-refractivity contribution in [1.29, 1.82) is 0 Å². The van der Waals surface area contributed by atoms with E-state index in [0.717, 1.165) is 0 Å². The van der Waals surface area contributed by atoms with E-state index in [1.54, 1.807) is 42.5 Å². The molecule has 4 aromatic rings. The third kappa shape index (κ3) is 3.38. The maximum atomic E-state index is 14.0. The predicted octanol–water partition coefficient (Wildman–Crippen LogP) is 6.19. The number of furan rings is 1. The lowest BCUT2D eigenvalue weighted by molar-refractivity contribution is 0.290. The summed E-state index contributed by atoms with van der Waals surface area (Å²) in [7, 11) is 0. The molecular weight excluding hydrogens is 439 g/mol. The van der Waals surface area contributed by atoms with Gasteiger partial charge in [0.15, 0.2) is 10.4 Å². The minimum atomic E-state index is -0.519. The molecule has 0 atom stereocenters. The van der Waals surface area contributed by atoms with Gasteiger partial charge in [-0.2, -0.15) is 0 Å². The van der Waals surface area contributed by atoms with Gasteiger partial charge in [0.05, 0.1) is 10.4 Å². The van der Waals surface area contributed by atoms with E-state index < -0.39 is 5.82 Å². The van der Waals surface area contributed by atoms with E-state index in [2.05, 4.69) is 15.9 Å². The van der Waals surface area contributed by atoms with Crippen LogP contribution in [0.1, 0.15) is 5.56 Å². The maximum Gasteiger partial charge on any atom is 0.235 e. The molecular formula is C20H11BrClFO4. The van der Waals surface area contributed by atoms with E-state index in [9.17, 15) is 9.18 Å². The Morgan fingerprint density at radius 2 is 1.85 bits per heavy atom. The number of fused-ring (bicyclic) bond motifs is 1. The molecule has 0 saturated carbocycles. The molecule has 2 aromatic carbocycles. The van der Waals surface area contributed by atoms with Gasteiger partial charge in [-0.3, -0.25) is 4.79 Å². The molecule has 0 aliphatic carbocycles. The normalized spacial score (nSPS) is 11.1. The highest BCUT2D eigenvalue weighted by Crippen LogP contribution is 2.34. The number of hydrogen-bond acceptors (Lipinski definition) is 4. The summed E-state index contributed by atoms with van der Waals surface area (Å²) in [4.78, 5) is 13.0. The second kappa shape index (κ2) is 7.21. The van der Waals surface area contributed by atoms with Crippen LogP contribution in [0.15, 0.2) is 72.9 Å². The van der Waals surface area contributed by atoms with Gasteiger partial charge in [0.25, 0.3) is 0 Å². The summed E-state index contributed by atoms with van der Waals surface area (Å²) >= 11 is 9.27. The fourth-order valence-electron chi connectivity index (χ4n) is 2.67. The minimum absolute atomic E-state index is 0.0742. The average molecular weight is 450 g/mol. The highest BCUT2D eigenvalue weighted by atomic mass is 79.9. The fraction of sp³-hybridized carbons (Fsp3) is 0.0500. The summed E-state index contributed by atoms with van der Waals surface area (Å²) in [6, 6.07) is 14.4. The summed E-state index contributed by atoms with van der Waals surface area (Å²) in [5, 5.41) is 0.559. The second-order valence-corrected chi connectivity index (χ2v) is 6.87. The molecule has 0 radical (unpaired) electrons. The molecule has 0 fully saturated rings. The van der Waals surface area contributed by atoms with Gasteiger partial charge in [-0.1, -0.05) is 29.8 Å². The van der Waals surface area contributed by atoms with Gasteiger partial charge >= 0.3 is 0 Å². The van der Waals surface area contributed by atoms with Crippen LogP contribution in [0, 0.1) is 5.82 Å². The first-order valence-electron chi connectivity index (χ1n) is 7.92. The van der Waals surface area contributed by atoms with Gasteiger partial charge in [0.1, 0.15) is 18.0 Å². The molecule has 2 heterocycles. The van der Waals surface area contributed by atoms with E-state index in [0.29, 0.717) is 21.4 Å². The van der Waals surface area contributed by atoms with E-state index in [1.165, 1.54) is 12.1 Å². The molecule has 27 heavy (non-hydrogen) atoms. The average Bonchev–Trinajstić information content (AvgIpc) is 3.09. The lowest BCUT2D eigenvalue weighted by atomic mass is 10.2. The summed E-state index contributed by atoms with van der Waals surface area (Å²) in [6.07, 6.45) is 0. The van der Waals surface area contributed by atoms with Crippen molar-refractivity contribution < 1.29 is 18.0 Å². The molecule has 0 amide bonds. The quantitative estimate of drug-likeness (QED) is 0.373. The molecule has 4 nitrogen and oxygen atoms in total. The van der Waals surface area contributed by atoms with Crippen LogP contribution in [0.25, 0.3) is 22.5 Å². The molecule has 7 heteroatoms. The first-order chi connectivity index (χ1) is 13.0. The molecule has 0 aliphatic heterocycles. The Morgan fingerprint density at radius 1 is 1.04 bits per heavy atom. The van der Waals surface area contributed by atoms with Gasteiger partial charge in [0, 0.05) is 5.56 Å². The van der Waals surface area contributed by atoms with E-state index >= 15 is 0 Å². The molecule has 0 unspecified atom stereocenters. The number of hydrogen-bond donors (Lipinski definition) is 0. The predicted molar refractivity (Wildman–Crippen MR) is 104 cm³/mol. The maximum absolute atomic E-state index is 14.0. The highest BCUT2D eigenvalue weighted by molar-refractivity contribution is 9.10. The Balaban J connectivity index is 1.85. The highest BCUT2D eigenvalue weighted by Gasteiger charge is 2.21. The molecule has 2 aromatic heterocycles. The van der Waals surface area contributed by atoms with Crippen LogP contribution in [0.5, 0.6) is 5.75 Å². The van der Waals surface area contributed by atoms with E-state index in [-0.39, 0.29) is 34.1 Å². The smallest absolute Gasteiger partial charge is 0.235 e. The van der Waals surface area contributed by atoms with Gasteiger partial charge in [-0.25, -0.2) is 4.39 Å². The van der Waals surface area contributed by atoms with Crippen LogP contribution in [0.2, 0.25) is 5.02 Å². The first-order valence-corrected chi connectivity index (χ1v) is 9.09. The van der Waals surface area contributed by atoms with Crippen LogP contribution in [-0.4, -0.2) is 0 Å². The second-order valence-electron chi connectivity index (χ2n) is 5.68. The summed E-state index contributed by atoms with van der Waals surface area (Å²) in [6.45, 7) is -0.233. The summed E-state index contributed by atoms with van der Waals surface area (Å²) in [5.41, 5.74) is 0.159. The van der Waals surface area contributed by atoms with E-state index in [4.69, 9.17) is 25.2 Å². The van der Waals surface area contributed by atoms with Crippen molar-refractivity contribution in [2.45, 2.75) is 6.61 Å². The Hall–Kier alpha value is -2.57. The first kappa shape index (κ1) is 17.8. The van der Waals surface area contributed by atoms with Gasteiger partial charge in [-0.05, 0) is 52.3 Å². The Bertz CT molecular complexity index is 1180. The SMILES string of the molecule is O=c1c(OCc2c(F)cccc2Cl)c(-c2ccc(Br)o2)oc2ccccc12. The monoisotopic (exact) mass is 448 g/mol. The Labute approximate surface area is 166 Å². The van der Waals surface area contributed by atoms with Crippen molar-refractivity contribution in [2.24, 2.45) is 0 Å². The van der Waals surface area contributed by atoms with Gasteiger partial charge in [-0.15, -0.1) is 0 Å². The number of para-hydroxylation sites is 1. The standard InChI is InChI=1S/C20H11BrClFO4/c21-17-9-8-16(26-17)19-20(18(24)11-4-1-2-7-15(11)27-19)25-10-12-13(22)5-3-6-14(12)23/h1-9H,10H2. The van der Waals surface area contributed by atoms with Crippen LogP contribution in [0.4, 0.5) is 4.39 Å². The van der Waals surface area contributed by atoms with Gasteiger partial charge in [0.2, 0.25) is 16.9 Å². The number of rotatable bonds is 4. The molecule has 0 saturated heterocycles. The zero-order valence-corrected chi connectivity index (χ0v) is 16.0. The van der Waals surface area contributed by atoms with Crippen molar-refractivity contribution in [3.63, 3.8) is 0 Å². The third-order valence-electron chi connectivity index (χ3n) is 3.98. The molecule has 136 valence electrons. The van der Waals surface area contributed by atoms with Crippen LogP contribution < -0.4 is 10.2 Å². The number of halogens is 3. The molecule has 4 rings (SSSR count). The summed E-state index contributed by atoms with van der Waals surface area (Å²) in [5.74, 6) is -0.166. The topological polar surface area (TPSA) is 52.6 Å². The molecule has 0 spiro atoms. The Kier molecular flexibility index (Phi) is 4.76. The lowest BCUT2D eigenvalue weighted by Gasteiger charge is -2.11. The molecule has 0 bridgehead atoms. The van der Waals surface area contributed by atoms with Crippen molar-refractivity contribution in [2.75, 3.05) is 0 Å². The van der Waals surface area contributed by atoms with Crippen molar-refractivity contribution in [3.05, 3.63) is 85.9 Å². The lowest BCUT2D eigenvalue weighted by Crippen LogP contribution is -2.11. The van der Waals surface area contributed by atoms with Crippen molar-refractivity contribution in [3.8, 4) is 17.3 Å². The zero-order chi connectivity index (χ0) is 19.0. The van der Waals surface area contributed by atoms with Crippen molar-refractivity contribution in [1.82, 2.24) is 0 Å². The van der Waals surface area contributed by atoms with Crippen LogP contribution >= 0.6 is 27.5 Å². The molecule has 0 aliphatic rings. The minimum Gasteiger partial charge on any atom is -0.481 e. The Morgan fingerprint density at radius 3 is 2.59 bits per heavy atom.